The van der Waals surface area contributed by atoms with E-state index in [0.717, 1.165) is 5.56 Å². The highest BCUT2D eigenvalue weighted by atomic mass is 16.5. The molecule has 7 nitrogen and oxygen atoms in total. The van der Waals surface area contributed by atoms with Gasteiger partial charge in [0.25, 0.3) is 5.91 Å². The normalized spacial score (nSPS) is 11.9. The standard InChI is InChI=1S/C17H17N3O4/c1-23-15-6-3-2-5-11(15)12-9-13(20-19-12)17(22)18-14(10-21)16-7-4-8-24-16/h2-9,14,21H,10H2,1H3,(H,18,22)(H,19,20). The van der Waals surface area contributed by atoms with Crippen molar-refractivity contribution >= 4 is 5.91 Å². The molecule has 0 saturated heterocycles. The van der Waals surface area contributed by atoms with Gasteiger partial charge in [-0.2, -0.15) is 5.10 Å². The topological polar surface area (TPSA) is 100 Å². The number of ether oxygens (including phenoxy) is 1. The van der Waals surface area contributed by atoms with Gasteiger partial charge in [0, 0.05) is 5.56 Å². The van der Waals surface area contributed by atoms with E-state index >= 15 is 0 Å². The van der Waals surface area contributed by atoms with Gasteiger partial charge in [-0.25, -0.2) is 0 Å². The maximum absolute atomic E-state index is 12.3. The molecule has 0 aliphatic heterocycles. The summed E-state index contributed by atoms with van der Waals surface area (Å²) in [7, 11) is 1.58. The lowest BCUT2D eigenvalue weighted by molar-refractivity contribution is 0.0902. The Bertz CT molecular complexity index is 811. The van der Waals surface area contributed by atoms with Crippen molar-refractivity contribution in [2.75, 3.05) is 13.7 Å². The Morgan fingerprint density at radius 2 is 2.21 bits per heavy atom. The second-order valence-electron chi connectivity index (χ2n) is 5.09. The smallest absolute Gasteiger partial charge is 0.269 e. The molecule has 0 radical (unpaired) electrons. The number of benzene rings is 1. The molecule has 0 bridgehead atoms. The zero-order valence-corrected chi connectivity index (χ0v) is 13.0. The molecule has 0 aliphatic rings. The quantitative estimate of drug-likeness (QED) is 0.644. The first-order valence-corrected chi connectivity index (χ1v) is 7.37. The molecule has 0 spiro atoms. The first-order valence-electron chi connectivity index (χ1n) is 7.37. The van der Waals surface area contributed by atoms with Crippen LogP contribution in [0.4, 0.5) is 0 Å². The highest BCUT2D eigenvalue weighted by Crippen LogP contribution is 2.28. The molecule has 1 amide bonds. The number of rotatable bonds is 6. The summed E-state index contributed by atoms with van der Waals surface area (Å²) < 4.78 is 10.5. The van der Waals surface area contributed by atoms with Crippen LogP contribution >= 0.6 is 0 Å². The molecule has 0 fully saturated rings. The van der Waals surface area contributed by atoms with Crippen LogP contribution in [0.2, 0.25) is 0 Å². The van der Waals surface area contributed by atoms with E-state index in [1.165, 1.54) is 6.26 Å². The molecule has 1 unspecified atom stereocenters. The van der Waals surface area contributed by atoms with E-state index in [1.54, 1.807) is 25.3 Å². The number of hydrogen-bond donors (Lipinski definition) is 3. The second kappa shape index (κ2) is 7.01. The monoisotopic (exact) mass is 327 g/mol. The predicted octanol–water partition coefficient (Wildman–Crippen LogP) is 2.14. The van der Waals surface area contributed by atoms with E-state index in [1.807, 2.05) is 24.3 Å². The van der Waals surface area contributed by atoms with Crippen molar-refractivity contribution in [1.29, 1.82) is 0 Å². The molecule has 0 aliphatic carbocycles. The first-order chi connectivity index (χ1) is 11.7. The number of methoxy groups -OCH3 is 1. The predicted molar refractivity (Wildman–Crippen MR) is 86.6 cm³/mol. The van der Waals surface area contributed by atoms with Gasteiger partial charge in [0.05, 0.1) is 25.7 Å². The number of aliphatic hydroxyl groups is 1. The van der Waals surface area contributed by atoms with E-state index in [2.05, 4.69) is 15.5 Å². The van der Waals surface area contributed by atoms with Gasteiger partial charge in [-0.3, -0.25) is 9.89 Å². The van der Waals surface area contributed by atoms with E-state index in [0.29, 0.717) is 17.2 Å². The van der Waals surface area contributed by atoms with E-state index in [9.17, 15) is 9.90 Å². The first kappa shape index (κ1) is 15.8. The van der Waals surface area contributed by atoms with Crippen molar-refractivity contribution in [3.63, 3.8) is 0 Å². The molecule has 1 atom stereocenters. The fourth-order valence-electron chi connectivity index (χ4n) is 2.36. The molecule has 7 heteroatoms. The molecule has 0 saturated carbocycles. The van der Waals surface area contributed by atoms with Crippen LogP contribution in [-0.2, 0) is 0 Å². The number of carbonyl (C=O) groups excluding carboxylic acids is 1. The maximum Gasteiger partial charge on any atom is 0.269 e. The van der Waals surface area contributed by atoms with Crippen LogP contribution in [0.15, 0.2) is 53.1 Å². The summed E-state index contributed by atoms with van der Waals surface area (Å²) in [6.45, 7) is -0.271. The average Bonchev–Trinajstić information content (AvgIpc) is 3.31. The number of furan rings is 1. The molecule has 2 heterocycles. The summed E-state index contributed by atoms with van der Waals surface area (Å²) in [5.74, 6) is 0.759. The third kappa shape index (κ3) is 3.16. The van der Waals surface area contributed by atoms with Crippen LogP contribution in [0.5, 0.6) is 5.75 Å². The van der Waals surface area contributed by atoms with Gasteiger partial charge in [-0.15, -0.1) is 0 Å². The lowest BCUT2D eigenvalue weighted by atomic mass is 10.1. The number of aliphatic hydroxyl groups excluding tert-OH is 1. The van der Waals surface area contributed by atoms with Gasteiger partial charge in [-0.1, -0.05) is 12.1 Å². The average molecular weight is 327 g/mol. The van der Waals surface area contributed by atoms with Crippen LogP contribution in [0.3, 0.4) is 0 Å². The third-order valence-electron chi connectivity index (χ3n) is 3.58. The molecule has 2 aromatic heterocycles. The van der Waals surface area contributed by atoms with Gasteiger partial charge in [0.2, 0.25) is 0 Å². The van der Waals surface area contributed by atoms with Crippen LogP contribution in [0.25, 0.3) is 11.3 Å². The Kier molecular flexibility index (Phi) is 4.62. The number of aromatic nitrogens is 2. The Labute approximate surface area is 138 Å². The van der Waals surface area contributed by atoms with Gasteiger partial charge in [-0.05, 0) is 30.3 Å². The van der Waals surface area contributed by atoms with Gasteiger partial charge in [0.15, 0.2) is 0 Å². The summed E-state index contributed by atoms with van der Waals surface area (Å²) in [5.41, 5.74) is 1.65. The van der Waals surface area contributed by atoms with Gasteiger partial charge >= 0.3 is 0 Å². The number of carbonyl (C=O) groups is 1. The van der Waals surface area contributed by atoms with Crippen molar-refractivity contribution in [3.8, 4) is 17.0 Å². The number of H-pyrrole nitrogens is 1. The fraction of sp³-hybridized carbons (Fsp3) is 0.176. The number of nitrogens with zero attached hydrogens (tertiary/aromatic N) is 1. The zero-order chi connectivity index (χ0) is 16.9. The second-order valence-corrected chi connectivity index (χ2v) is 5.09. The SMILES string of the molecule is COc1ccccc1-c1cc(C(=O)NC(CO)c2ccco2)[nH]n1. The third-order valence-corrected chi connectivity index (χ3v) is 3.58. The minimum absolute atomic E-state index is 0.271. The molecule has 124 valence electrons. The van der Waals surface area contributed by atoms with Crippen LogP contribution in [0, 0.1) is 0 Å². The Balaban J connectivity index is 1.79. The van der Waals surface area contributed by atoms with Crippen LogP contribution in [0.1, 0.15) is 22.3 Å². The van der Waals surface area contributed by atoms with Crippen molar-refractivity contribution < 1.29 is 19.1 Å². The number of para-hydroxylation sites is 1. The van der Waals surface area contributed by atoms with Gasteiger partial charge < -0.3 is 19.6 Å². The Morgan fingerprint density at radius 3 is 2.92 bits per heavy atom. The maximum atomic E-state index is 12.3. The lowest BCUT2D eigenvalue weighted by Crippen LogP contribution is -2.30. The molecule has 1 aromatic carbocycles. The minimum Gasteiger partial charge on any atom is -0.496 e. The van der Waals surface area contributed by atoms with Gasteiger partial charge in [0.1, 0.15) is 23.2 Å². The van der Waals surface area contributed by atoms with E-state index in [-0.39, 0.29) is 18.2 Å². The largest absolute Gasteiger partial charge is 0.496 e. The van der Waals surface area contributed by atoms with Crippen LogP contribution < -0.4 is 10.1 Å². The fourth-order valence-corrected chi connectivity index (χ4v) is 2.36. The highest BCUT2D eigenvalue weighted by Gasteiger charge is 2.19. The molecule has 3 rings (SSSR count). The molecule has 24 heavy (non-hydrogen) atoms. The number of aromatic amines is 1. The summed E-state index contributed by atoms with van der Waals surface area (Å²) in [5, 5.41) is 19.0. The lowest BCUT2D eigenvalue weighted by Gasteiger charge is -2.12. The van der Waals surface area contributed by atoms with Crippen LogP contribution in [-0.4, -0.2) is 34.9 Å². The van der Waals surface area contributed by atoms with Crippen molar-refractivity contribution in [1.82, 2.24) is 15.5 Å². The van der Waals surface area contributed by atoms with E-state index < -0.39 is 6.04 Å². The van der Waals surface area contributed by atoms with E-state index in [4.69, 9.17) is 9.15 Å². The number of amides is 1. The Hall–Kier alpha value is -3.06. The summed E-state index contributed by atoms with van der Waals surface area (Å²) in [4.78, 5) is 12.3. The molecule has 3 aromatic rings. The zero-order valence-electron chi connectivity index (χ0n) is 13.0. The van der Waals surface area contributed by atoms with Crippen molar-refractivity contribution in [2.24, 2.45) is 0 Å². The Morgan fingerprint density at radius 1 is 1.38 bits per heavy atom. The minimum atomic E-state index is -0.620. The highest BCUT2D eigenvalue weighted by molar-refractivity contribution is 5.93. The number of hydrogen-bond acceptors (Lipinski definition) is 5. The summed E-state index contributed by atoms with van der Waals surface area (Å²) in [6, 6.07) is 11.8. The van der Waals surface area contributed by atoms with Crippen molar-refractivity contribution in [3.05, 3.63) is 60.2 Å². The molecular weight excluding hydrogens is 310 g/mol. The number of nitrogens with one attached hydrogen (secondary N) is 2. The van der Waals surface area contributed by atoms with Crippen molar-refractivity contribution in [2.45, 2.75) is 6.04 Å². The molecule has 3 N–H and O–H groups in total. The molecular formula is C17H17N3O4. The summed E-state index contributed by atoms with van der Waals surface area (Å²) >= 11 is 0. The summed E-state index contributed by atoms with van der Waals surface area (Å²) in [6.07, 6.45) is 1.49.